The Morgan fingerprint density at radius 3 is 2.78 bits per heavy atom. The van der Waals surface area contributed by atoms with Gasteiger partial charge in [0.2, 0.25) is 11.9 Å². The Morgan fingerprint density at radius 1 is 1.30 bits per heavy atom. The second kappa shape index (κ2) is 8.12. The van der Waals surface area contributed by atoms with Gasteiger partial charge in [0.15, 0.2) is 0 Å². The molecule has 1 amide bonds. The number of amides is 1. The van der Waals surface area contributed by atoms with Gasteiger partial charge in [-0.05, 0) is 31.5 Å². The molecule has 0 spiro atoms. The number of benzene rings is 1. The summed E-state index contributed by atoms with van der Waals surface area (Å²) < 4.78 is 5.25. The predicted molar refractivity (Wildman–Crippen MR) is 90.9 cm³/mol. The number of aromatic nitrogens is 2. The van der Waals surface area contributed by atoms with Gasteiger partial charge in [0.25, 0.3) is 0 Å². The Kier molecular flexibility index (Phi) is 5.91. The first-order chi connectivity index (χ1) is 11.1. The highest BCUT2D eigenvalue weighted by atomic mass is 16.5. The summed E-state index contributed by atoms with van der Waals surface area (Å²) in [5.41, 5.74) is 1.53. The monoisotopic (exact) mass is 314 g/mol. The second-order valence-electron chi connectivity index (χ2n) is 5.17. The van der Waals surface area contributed by atoms with Crippen LogP contribution in [0.1, 0.15) is 19.0 Å². The lowest BCUT2D eigenvalue weighted by atomic mass is 10.3. The summed E-state index contributed by atoms with van der Waals surface area (Å²) in [6, 6.07) is 9.17. The quantitative estimate of drug-likeness (QED) is 0.851. The molecule has 6 heteroatoms. The predicted octanol–water partition coefficient (Wildman–Crippen LogP) is 2.65. The molecule has 1 heterocycles. The summed E-state index contributed by atoms with van der Waals surface area (Å²) in [4.78, 5) is 22.9. The molecule has 0 atom stereocenters. The zero-order valence-electron chi connectivity index (χ0n) is 13.7. The molecule has 0 saturated carbocycles. The maximum absolute atomic E-state index is 12.4. The van der Waals surface area contributed by atoms with Crippen molar-refractivity contribution in [3.63, 3.8) is 0 Å². The average molecular weight is 314 g/mol. The van der Waals surface area contributed by atoms with Crippen LogP contribution in [0.4, 0.5) is 11.6 Å². The molecule has 0 aliphatic rings. The number of carbonyl (C=O) groups is 1. The highest BCUT2D eigenvalue weighted by Crippen LogP contribution is 2.23. The molecule has 1 N–H and O–H groups in total. The van der Waals surface area contributed by atoms with Crippen LogP contribution in [0, 0.1) is 6.92 Å². The molecule has 1 aromatic carbocycles. The van der Waals surface area contributed by atoms with Crippen molar-refractivity contribution in [2.75, 3.05) is 30.4 Å². The fraction of sp³-hybridized carbons (Fsp3) is 0.353. The minimum absolute atomic E-state index is 0.131. The van der Waals surface area contributed by atoms with Crippen molar-refractivity contribution in [3.05, 3.63) is 42.2 Å². The van der Waals surface area contributed by atoms with Crippen LogP contribution in [-0.2, 0) is 4.79 Å². The molecular weight excluding hydrogens is 292 g/mol. The average Bonchev–Trinajstić information content (AvgIpc) is 2.55. The SMILES string of the molecule is CCCN(CC(=O)Nc1ccccc1OC)c1nccc(C)n1. The minimum atomic E-state index is -0.131. The van der Waals surface area contributed by atoms with E-state index < -0.39 is 0 Å². The van der Waals surface area contributed by atoms with Gasteiger partial charge >= 0.3 is 0 Å². The molecule has 23 heavy (non-hydrogen) atoms. The molecule has 0 bridgehead atoms. The number of nitrogens with zero attached hydrogens (tertiary/aromatic N) is 3. The van der Waals surface area contributed by atoms with Crippen molar-refractivity contribution in [3.8, 4) is 5.75 Å². The number of rotatable bonds is 7. The van der Waals surface area contributed by atoms with E-state index in [1.54, 1.807) is 13.3 Å². The normalized spacial score (nSPS) is 10.2. The van der Waals surface area contributed by atoms with E-state index in [0.29, 0.717) is 23.9 Å². The molecule has 0 saturated heterocycles. The van der Waals surface area contributed by atoms with Gasteiger partial charge in [-0.1, -0.05) is 19.1 Å². The number of carbonyl (C=O) groups excluding carboxylic acids is 1. The molecular formula is C17H22N4O2. The summed E-state index contributed by atoms with van der Waals surface area (Å²) in [5, 5.41) is 2.87. The number of nitrogens with one attached hydrogen (secondary N) is 1. The standard InChI is InChI=1S/C17H22N4O2/c1-4-11-21(17-18-10-9-13(2)19-17)12-16(22)20-14-7-5-6-8-15(14)23-3/h5-10H,4,11-12H2,1-3H3,(H,20,22). The molecule has 2 aromatic rings. The smallest absolute Gasteiger partial charge is 0.244 e. The number of methoxy groups -OCH3 is 1. The zero-order chi connectivity index (χ0) is 16.7. The van der Waals surface area contributed by atoms with Crippen LogP contribution in [-0.4, -0.2) is 36.1 Å². The summed E-state index contributed by atoms with van der Waals surface area (Å²) in [5.74, 6) is 1.07. The van der Waals surface area contributed by atoms with Crippen molar-refractivity contribution in [1.82, 2.24) is 9.97 Å². The molecule has 1 aromatic heterocycles. The van der Waals surface area contributed by atoms with E-state index in [1.807, 2.05) is 42.2 Å². The van der Waals surface area contributed by atoms with E-state index in [0.717, 1.165) is 12.1 Å². The molecule has 0 aliphatic carbocycles. The van der Waals surface area contributed by atoms with Crippen LogP contribution in [0.3, 0.4) is 0 Å². The minimum Gasteiger partial charge on any atom is -0.495 e. The lowest BCUT2D eigenvalue weighted by Gasteiger charge is -2.21. The number of aryl methyl sites for hydroxylation is 1. The molecule has 122 valence electrons. The van der Waals surface area contributed by atoms with Gasteiger partial charge in [0.05, 0.1) is 12.8 Å². The first-order valence-electron chi connectivity index (χ1n) is 7.61. The molecule has 2 rings (SSSR count). The second-order valence-corrected chi connectivity index (χ2v) is 5.17. The van der Waals surface area contributed by atoms with Gasteiger partial charge in [-0.3, -0.25) is 4.79 Å². The van der Waals surface area contributed by atoms with Gasteiger partial charge in [-0.2, -0.15) is 0 Å². The van der Waals surface area contributed by atoms with Gasteiger partial charge in [0.1, 0.15) is 12.3 Å². The third-order valence-corrected chi connectivity index (χ3v) is 3.27. The number of hydrogen-bond donors (Lipinski definition) is 1. The number of ether oxygens (including phenoxy) is 1. The molecule has 0 aliphatic heterocycles. The number of anilines is 2. The van der Waals surface area contributed by atoms with Crippen molar-refractivity contribution < 1.29 is 9.53 Å². The maximum atomic E-state index is 12.4. The van der Waals surface area contributed by atoms with Crippen molar-refractivity contribution >= 4 is 17.5 Å². The van der Waals surface area contributed by atoms with Crippen molar-refractivity contribution in [2.45, 2.75) is 20.3 Å². The fourth-order valence-corrected chi connectivity index (χ4v) is 2.22. The topological polar surface area (TPSA) is 67.4 Å². The molecule has 6 nitrogen and oxygen atoms in total. The van der Waals surface area contributed by atoms with Crippen LogP contribution in [0.25, 0.3) is 0 Å². The number of para-hydroxylation sites is 2. The number of hydrogen-bond acceptors (Lipinski definition) is 5. The van der Waals surface area contributed by atoms with Gasteiger partial charge in [-0.25, -0.2) is 9.97 Å². The van der Waals surface area contributed by atoms with E-state index in [4.69, 9.17) is 4.74 Å². The van der Waals surface area contributed by atoms with Crippen LogP contribution < -0.4 is 15.0 Å². The van der Waals surface area contributed by atoms with Crippen LogP contribution >= 0.6 is 0 Å². The Bertz CT molecular complexity index is 661. The van der Waals surface area contributed by atoms with Crippen molar-refractivity contribution in [1.29, 1.82) is 0 Å². The van der Waals surface area contributed by atoms with Crippen LogP contribution in [0.2, 0.25) is 0 Å². The van der Waals surface area contributed by atoms with E-state index >= 15 is 0 Å². The zero-order valence-corrected chi connectivity index (χ0v) is 13.7. The van der Waals surface area contributed by atoms with E-state index in [9.17, 15) is 4.79 Å². The maximum Gasteiger partial charge on any atom is 0.244 e. The third kappa shape index (κ3) is 4.67. The van der Waals surface area contributed by atoms with E-state index in [1.165, 1.54) is 0 Å². The van der Waals surface area contributed by atoms with E-state index in [-0.39, 0.29) is 12.5 Å². The van der Waals surface area contributed by atoms with E-state index in [2.05, 4.69) is 22.2 Å². The summed E-state index contributed by atoms with van der Waals surface area (Å²) >= 11 is 0. The first-order valence-corrected chi connectivity index (χ1v) is 7.61. The molecule has 0 unspecified atom stereocenters. The Labute approximate surface area is 136 Å². The first kappa shape index (κ1) is 16.7. The fourth-order valence-electron chi connectivity index (χ4n) is 2.22. The Hall–Kier alpha value is -2.63. The summed E-state index contributed by atoms with van der Waals surface area (Å²) in [6.45, 7) is 4.86. The lowest BCUT2D eigenvalue weighted by Crippen LogP contribution is -2.35. The van der Waals surface area contributed by atoms with Gasteiger partial charge < -0.3 is 15.0 Å². The molecule has 0 radical (unpaired) electrons. The van der Waals surface area contributed by atoms with Crippen LogP contribution in [0.15, 0.2) is 36.5 Å². The summed E-state index contributed by atoms with van der Waals surface area (Å²) in [7, 11) is 1.58. The van der Waals surface area contributed by atoms with Gasteiger partial charge in [-0.15, -0.1) is 0 Å². The third-order valence-electron chi connectivity index (χ3n) is 3.27. The highest BCUT2D eigenvalue weighted by Gasteiger charge is 2.14. The molecule has 0 fully saturated rings. The van der Waals surface area contributed by atoms with Crippen molar-refractivity contribution in [2.24, 2.45) is 0 Å². The van der Waals surface area contributed by atoms with Gasteiger partial charge in [0, 0.05) is 18.4 Å². The Balaban J connectivity index is 2.09. The Morgan fingerprint density at radius 2 is 2.09 bits per heavy atom. The highest BCUT2D eigenvalue weighted by molar-refractivity contribution is 5.95. The summed E-state index contributed by atoms with van der Waals surface area (Å²) in [6.07, 6.45) is 2.61. The largest absolute Gasteiger partial charge is 0.495 e. The lowest BCUT2D eigenvalue weighted by molar-refractivity contribution is -0.115. The van der Waals surface area contributed by atoms with Crippen LogP contribution in [0.5, 0.6) is 5.75 Å².